The summed E-state index contributed by atoms with van der Waals surface area (Å²) in [6, 6.07) is 41.0. The Hall–Kier alpha value is -5.59. The summed E-state index contributed by atoms with van der Waals surface area (Å²) in [6.45, 7) is 7.61. The van der Waals surface area contributed by atoms with Gasteiger partial charge in [-0.05, 0) is 77.7 Å². The number of aromatic nitrogens is 3. The fourth-order valence-electron chi connectivity index (χ4n) is 9.41. The van der Waals surface area contributed by atoms with Crippen LogP contribution in [0.3, 0.4) is 0 Å². The van der Waals surface area contributed by atoms with Gasteiger partial charge in [0, 0.05) is 40.6 Å². The minimum Gasteiger partial charge on any atom is -0.497 e. The van der Waals surface area contributed by atoms with Gasteiger partial charge in [0.1, 0.15) is 5.75 Å². The van der Waals surface area contributed by atoms with Crippen LogP contribution < -0.4 is 19.7 Å². The number of carbonyl (C=O) groups is 2. The van der Waals surface area contributed by atoms with Gasteiger partial charge in [0.2, 0.25) is 6.41 Å². The highest BCUT2D eigenvalue weighted by molar-refractivity contribution is 6.91. The Morgan fingerprint density at radius 1 is 0.949 bits per heavy atom. The first-order chi connectivity index (χ1) is 28.6. The number of aliphatic hydroxyl groups excluding tert-OH is 1. The molecule has 6 aromatic rings. The molecular weight excluding hydrogens is 778 g/mol. The molecule has 1 fully saturated rings. The molecule has 1 saturated heterocycles. The Kier molecular flexibility index (Phi) is 11.3. The van der Waals surface area contributed by atoms with Crippen molar-refractivity contribution in [3.05, 3.63) is 161 Å². The van der Waals surface area contributed by atoms with Crippen molar-refractivity contribution in [1.82, 2.24) is 15.0 Å². The molecule has 2 amide bonds. The van der Waals surface area contributed by atoms with Gasteiger partial charge < -0.3 is 19.5 Å². The van der Waals surface area contributed by atoms with Gasteiger partial charge in [0.25, 0.3) is 5.91 Å². The predicted octanol–water partition coefficient (Wildman–Crippen LogP) is 8.21. The molecule has 10 nitrogen and oxygen atoms in total. The van der Waals surface area contributed by atoms with E-state index in [1.807, 2.05) is 131 Å². The zero-order valence-corrected chi connectivity index (χ0v) is 35.4. The van der Waals surface area contributed by atoms with Crippen molar-refractivity contribution in [2.45, 2.75) is 62.7 Å². The number of benzene rings is 5. The number of hydrogen-bond donors (Lipinski definition) is 1. The van der Waals surface area contributed by atoms with E-state index in [-0.39, 0.29) is 36.0 Å². The lowest BCUT2D eigenvalue weighted by Crippen LogP contribution is -2.51. The molecular formula is C47H48ClN5O5Si. The topological polar surface area (TPSA) is 110 Å². The zero-order chi connectivity index (χ0) is 41.3. The molecule has 2 aliphatic heterocycles. The Bertz CT molecular complexity index is 2410. The second kappa shape index (κ2) is 16.6. The fourth-order valence-corrected chi connectivity index (χ4v) is 13.6. The molecule has 3 heterocycles. The standard InChI is InChI=1S/C47H48ClN5O5Si/c1-32-45(59(3,4)39-22-20-38(57-2)21-23-39)44(25-26-51-29-42(49-50-51)40(30-54)34-11-7-5-8-12-34)58-47(32)41-27-35(48)17-24-43(41)52(46(47)56)28-33-15-18-37(19-16-33)53(31-55)36-13-9-6-10-14-36/h5-24,27,29,31-32,40,44-45,54H,25-26,28,30H2,1-4H3/t32-,40?,44+,45-,47+/m1/s1. The molecule has 1 spiro atoms. The smallest absolute Gasteiger partial charge is 0.264 e. The number of nitrogens with zero attached hydrogens (tertiary/aromatic N) is 5. The Morgan fingerprint density at radius 3 is 2.29 bits per heavy atom. The van der Waals surface area contributed by atoms with Crippen molar-refractivity contribution < 1.29 is 24.2 Å². The highest BCUT2D eigenvalue weighted by atomic mass is 35.5. The summed E-state index contributed by atoms with van der Waals surface area (Å²) in [5.74, 6) is 0.160. The molecule has 8 rings (SSSR count). The average molecular weight is 826 g/mol. The van der Waals surface area contributed by atoms with E-state index in [9.17, 15) is 9.90 Å². The minimum absolute atomic E-state index is 0.00993. The van der Waals surface area contributed by atoms with Crippen molar-refractivity contribution in [3.63, 3.8) is 0 Å². The van der Waals surface area contributed by atoms with Crippen LogP contribution in [0.2, 0.25) is 23.7 Å². The lowest BCUT2D eigenvalue weighted by molar-refractivity contribution is -0.146. The summed E-state index contributed by atoms with van der Waals surface area (Å²) in [6.07, 6.45) is 2.98. The van der Waals surface area contributed by atoms with Gasteiger partial charge in [-0.15, -0.1) is 5.10 Å². The van der Waals surface area contributed by atoms with Gasteiger partial charge in [-0.1, -0.05) is 115 Å². The molecule has 5 aromatic carbocycles. The highest BCUT2D eigenvalue weighted by Gasteiger charge is 2.66. The number of fused-ring (bicyclic) bond motifs is 2. The Labute approximate surface area is 351 Å². The number of carbonyl (C=O) groups excluding carboxylic acids is 2. The van der Waals surface area contributed by atoms with E-state index in [2.05, 4.69) is 42.5 Å². The normalized spacial score (nSPS) is 20.5. The summed E-state index contributed by atoms with van der Waals surface area (Å²) in [4.78, 5) is 30.9. The largest absolute Gasteiger partial charge is 0.497 e. The number of methoxy groups -OCH3 is 1. The molecule has 1 N–H and O–H groups in total. The SMILES string of the molecule is COc1ccc([Si](C)(C)[C@H]2[C@H](CCn3cc(C(CO)c4ccccc4)nn3)O[C@@]3(C(=O)N(Cc4ccc(N(C=O)c5ccccc5)cc4)c4ccc(Cl)cc43)[C@@H]2C)cc1. The van der Waals surface area contributed by atoms with Crippen LogP contribution >= 0.6 is 11.6 Å². The Balaban J connectivity index is 1.12. The molecule has 1 unspecified atom stereocenters. The van der Waals surface area contributed by atoms with E-state index in [4.69, 9.17) is 21.1 Å². The fraction of sp³-hybridized carbons (Fsp3) is 0.277. The van der Waals surface area contributed by atoms with Gasteiger partial charge in [0.15, 0.2) is 5.60 Å². The van der Waals surface area contributed by atoms with Crippen LogP contribution in [0.25, 0.3) is 0 Å². The van der Waals surface area contributed by atoms with E-state index in [1.165, 1.54) is 5.19 Å². The molecule has 1 aromatic heterocycles. The van der Waals surface area contributed by atoms with Gasteiger partial charge >= 0.3 is 0 Å². The molecule has 0 bridgehead atoms. The van der Waals surface area contributed by atoms with Crippen molar-refractivity contribution in [2.75, 3.05) is 23.5 Å². The van der Waals surface area contributed by atoms with Crippen molar-refractivity contribution in [1.29, 1.82) is 0 Å². The second-order valence-corrected chi connectivity index (χ2v) is 21.2. The summed E-state index contributed by atoms with van der Waals surface area (Å²) in [7, 11) is -0.740. The van der Waals surface area contributed by atoms with Gasteiger partial charge in [0.05, 0.1) is 51.7 Å². The van der Waals surface area contributed by atoms with Crippen LogP contribution in [-0.2, 0) is 33.0 Å². The van der Waals surface area contributed by atoms with E-state index >= 15 is 4.79 Å². The van der Waals surface area contributed by atoms with Crippen molar-refractivity contribution in [3.8, 4) is 5.75 Å². The molecule has 2 aliphatic rings. The monoisotopic (exact) mass is 825 g/mol. The van der Waals surface area contributed by atoms with Crippen molar-refractivity contribution >= 4 is 54.2 Å². The number of ether oxygens (including phenoxy) is 2. The van der Waals surface area contributed by atoms with Gasteiger partial charge in [-0.3, -0.25) is 19.2 Å². The van der Waals surface area contributed by atoms with E-state index in [0.29, 0.717) is 30.2 Å². The number of aryl methyl sites for hydroxylation is 1. The van der Waals surface area contributed by atoms with E-state index in [1.54, 1.807) is 12.0 Å². The van der Waals surface area contributed by atoms with Crippen LogP contribution in [0.5, 0.6) is 5.75 Å². The first-order valence-corrected chi connectivity index (χ1v) is 23.4. The average Bonchev–Trinajstić information content (AvgIpc) is 3.92. The third kappa shape index (κ3) is 7.37. The number of anilines is 3. The van der Waals surface area contributed by atoms with Gasteiger partial charge in [-0.25, -0.2) is 0 Å². The molecule has 302 valence electrons. The zero-order valence-electron chi connectivity index (χ0n) is 33.6. The summed E-state index contributed by atoms with van der Waals surface area (Å²) in [5.41, 5.74) is 4.34. The molecule has 0 radical (unpaired) electrons. The molecule has 5 atom stereocenters. The second-order valence-electron chi connectivity index (χ2n) is 16.0. The maximum absolute atomic E-state index is 15.3. The minimum atomic E-state index is -2.41. The number of amides is 2. The first kappa shape index (κ1) is 40.2. The van der Waals surface area contributed by atoms with Gasteiger partial charge in [-0.2, -0.15) is 0 Å². The van der Waals surface area contributed by atoms with E-state index < -0.39 is 13.7 Å². The van der Waals surface area contributed by atoms with E-state index in [0.717, 1.165) is 45.9 Å². The van der Waals surface area contributed by atoms with Crippen LogP contribution in [0, 0.1) is 5.92 Å². The Morgan fingerprint density at radius 2 is 1.63 bits per heavy atom. The summed E-state index contributed by atoms with van der Waals surface area (Å²) in [5, 5.41) is 21.1. The third-order valence-electron chi connectivity index (χ3n) is 12.4. The summed E-state index contributed by atoms with van der Waals surface area (Å²) >= 11 is 6.75. The summed E-state index contributed by atoms with van der Waals surface area (Å²) < 4.78 is 14.7. The molecule has 59 heavy (non-hydrogen) atoms. The highest BCUT2D eigenvalue weighted by Crippen LogP contribution is 2.60. The number of rotatable bonds is 14. The first-order valence-electron chi connectivity index (χ1n) is 20.0. The molecule has 0 aliphatic carbocycles. The third-order valence-corrected chi connectivity index (χ3v) is 17.0. The maximum atomic E-state index is 15.3. The maximum Gasteiger partial charge on any atom is 0.264 e. The quantitative estimate of drug-likeness (QED) is 0.0871. The number of hydrogen-bond acceptors (Lipinski definition) is 7. The lowest BCUT2D eigenvalue weighted by atomic mass is 9.82. The van der Waals surface area contributed by atoms with Crippen molar-refractivity contribution in [2.24, 2.45) is 5.92 Å². The predicted molar refractivity (Wildman–Crippen MR) is 233 cm³/mol. The van der Waals surface area contributed by atoms with Crippen LogP contribution in [0.15, 0.2) is 134 Å². The van der Waals surface area contributed by atoms with Crippen LogP contribution in [0.4, 0.5) is 17.1 Å². The molecule has 0 saturated carbocycles. The number of aliphatic hydroxyl groups is 1. The molecule has 12 heteroatoms. The number of para-hydroxylation sites is 1. The lowest BCUT2D eigenvalue weighted by Gasteiger charge is -2.37. The number of halogens is 1. The van der Waals surface area contributed by atoms with Crippen LogP contribution in [0.1, 0.15) is 41.6 Å². The van der Waals surface area contributed by atoms with Crippen LogP contribution in [-0.4, -0.2) is 60.3 Å².